The van der Waals surface area contributed by atoms with E-state index in [4.69, 9.17) is 0 Å². The quantitative estimate of drug-likeness (QED) is 0.939. The number of piperazine rings is 1. The maximum absolute atomic E-state index is 13.2. The Labute approximate surface area is 134 Å². The van der Waals surface area contributed by atoms with E-state index in [0.29, 0.717) is 0 Å². The summed E-state index contributed by atoms with van der Waals surface area (Å²) < 4.78 is 13.2. The van der Waals surface area contributed by atoms with Crippen molar-refractivity contribution in [1.82, 2.24) is 15.1 Å². The second-order valence-electron chi connectivity index (χ2n) is 6.07. The van der Waals surface area contributed by atoms with Crippen LogP contribution in [-0.2, 0) is 6.54 Å². The van der Waals surface area contributed by atoms with Crippen LogP contribution in [0.1, 0.15) is 16.7 Å². The molecular weight excluding hydrogens is 295 g/mol. The lowest BCUT2D eigenvalue weighted by Gasteiger charge is -2.36. The molecule has 0 amide bonds. The average Bonchev–Trinajstić information content (AvgIpc) is 2.51. The highest BCUT2D eigenvalue weighted by Crippen LogP contribution is 2.18. The Morgan fingerprint density at radius 1 is 1.13 bits per heavy atom. The van der Waals surface area contributed by atoms with Crippen LogP contribution in [0.2, 0.25) is 0 Å². The van der Waals surface area contributed by atoms with Gasteiger partial charge in [0.05, 0.1) is 0 Å². The maximum Gasteiger partial charge on any atom is 0.264 e. The van der Waals surface area contributed by atoms with E-state index in [2.05, 4.69) is 20.0 Å². The van der Waals surface area contributed by atoms with Crippen molar-refractivity contribution in [3.63, 3.8) is 0 Å². The molecule has 0 atom stereocenters. The Kier molecular flexibility index (Phi) is 4.43. The third-order valence-corrected chi connectivity index (χ3v) is 4.34. The molecule has 5 nitrogen and oxygen atoms in total. The lowest BCUT2D eigenvalue weighted by Crippen LogP contribution is -2.46. The molecule has 2 aromatic rings. The monoisotopic (exact) mass is 316 g/mol. The summed E-state index contributed by atoms with van der Waals surface area (Å²) in [5, 5.41) is 6.67. The zero-order chi connectivity index (χ0) is 16.4. The van der Waals surface area contributed by atoms with E-state index < -0.39 is 0 Å². The first kappa shape index (κ1) is 15.7. The van der Waals surface area contributed by atoms with Crippen LogP contribution in [0.4, 0.5) is 10.2 Å². The molecule has 0 aliphatic carbocycles. The Balaban J connectivity index is 1.63. The molecule has 0 unspecified atom stereocenters. The Bertz CT molecular complexity index is 750. The number of benzene rings is 1. The molecule has 0 radical (unpaired) electrons. The van der Waals surface area contributed by atoms with Gasteiger partial charge in [0.1, 0.15) is 5.82 Å². The molecule has 1 N–H and O–H groups in total. The number of rotatable bonds is 3. The summed E-state index contributed by atoms with van der Waals surface area (Å²) in [7, 11) is 0. The fourth-order valence-electron chi connectivity index (χ4n) is 3.01. The molecule has 122 valence electrons. The van der Waals surface area contributed by atoms with E-state index in [-0.39, 0.29) is 11.4 Å². The van der Waals surface area contributed by atoms with E-state index in [1.54, 1.807) is 12.1 Å². The third kappa shape index (κ3) is 3.59. The number of aromatic amines is 1. The molecule has 1 fully saturated rings. The standard InChI is InChI=1S/C17H21FN4O/c1-12-9-15(18)4-3-14(12)11-21-5-7-22(8-6-21)17-13(2)10-16(23)19-20-17/h3-4,9-10H,5-8,11H2,1-2H3,(H,19,23). The second kappa shape index (κ2) is 6.50. The van der Waals surface area contributed by atoms with Crippen LogP contribution >= 0.6 is 0 Å². The normalized spacial score (nSPS) is 15.9. The number of H-pyrrole nitrogens is 1. The van der Waals surface area contributed by atoms with Crippen molar-refractivity contribution in [1.29, 1.82) is 0 Å². The van der Waals surface area contributed by atoms with E-state index >= 15 is 0 Å². The number of nitrogens with one attached hydrogen (secondary N) is 1. The highest BCUT2D eigenvalue weighted by molar-refractivity contribution is 5.45. The van der Waals surface area contributed by atoms with Crippen LogP contribution in [0.5, 0.6) is 0 Å². The van der Waals surface area contributed by atoms with Gasteiger partial charge < -0.3 is 4.90 Å². The number of aryl methyl sites for hydroxylation is 2. The van der Waals surface area contributed by atoms with Gasteiger partial charge in [-0.2, -0.15) is 5.10 Å². The smallest absolute Gasteiger partial charge is 0.264 e. The van der Waals surface area contributed by atoms with Gasteiger partial charge in [0, 0.05) is 38.8 Å². The fourth-order valence-corrected chi connectivity index (χ4v) is 3.01. The number of aromatic nitrogens is 2. The van der Waals surface area contributed by atoms with Crippen LogP contribution in [0.25, 0.3) is 0 Å². The lowest BCUT2D eigenvalue weighted by atomic mass is 10.1. The first-order valence-corrected chi connectivity index (χ1v) is 7.81. The minimum absolute atomic E-state index is 0.170. The maximum atomic E-state index is 13.2. The van der Waals surface area contributed by atoms with Crippen LogP contribution in [0.3, 0.4) is 0 Å². The van der Waals surface area contributed by atoms with Crippen LogP contribution in [0.15, 0.2) is 29.1 Å². The van der Waals surface area contributed by atoms with Crippen molar-refractivity contribution in [2.75, 3.05) is 31.1 Å². The topological polar surface area (TPSA) is 52.2 Å². The summed E-state index contributed by atoms with van der Waals surface area (Å²) in [6.45, 7) is 8.24. The average molecular weight is 316 g/mol. The zero-order valence-electron chi connectivity index (χ0n) is 13.5. The summed E-state index contributed by atoms with van der Waals surface area (Å²) in [4.78, 5) is 15.8. The molecular formula is C17H21FN4O. The Morgan fingerprint density at radius 3 is 2.52 bits per heavy atom. The highest BCUT2D eigenvalue weighted by Gasteiger charge is 2.20. The largest absolute Gasteiger partial charge is 0.352 e. The van der Waals surface area contributed by atoms with Gasteiger partial charge in [-0.15, -0.1) is 0 Å². The number of halogens is 1. The van der Waals surface area contributed by atoms with Gasteiger partial charge in [-0.25, -0.2) is 9.49 Å². The predicted molar refractivity (Wildman–Crippen MR) is 88.2 cm³/mol. The van der Waals surface area contributed by atoms with Crippen molar-refractivity contribution in [2.24, 2.45) is 0 Å². The first-order valence-electron chi connectivity index (χ1n) is 7.81. The minimum atomic E-state index is -0.185. The number of anilines is 1. The molecule has 3 rings (SSSR count). The summed E-state index contributed by atoms with van der Waals surface area (Å²) in [5.41, 5.74) is 2.89. The zero-order valence-corrected chi connectivity index (χ0v) is 13.5. The van der Waals surface area contributed by atoms with Gasteiger partial charge in [0.25, 0.3) is 5.56 Å². The van der Waals surface area contributed by atoms with Crippen molar-refractivity contribution in [3.8, 4) is 0 Å². The van der Waals surface area contributed by atoms with E-state index in [1.807, 2.05) is 19.9 Å². The van der Waals surface area contributed by atoms with Gasteiger partial charge in [-0.3, -0.25) is 9.69 Å². The van der Waals surface area contributed by atoms with Crippen molar-refractivity contribution < 1.29 is 4.39 Å². The van der Waals surface area contributed by atoms with E-state index in [1.165, 1.54) is 6.07 Å². The molecule has 0 saturated carbocycles. The van der Waals surface area contributed by atoms with E-state index in [0.717, 1.165) is 55.2 Å². The molecule has 0 spiro atoms. The second-order valence-corrected chi connectivity index (χ2v) is 6.07. The number of nitrogens with zero attached hydrogens (tertiary/aromatic N) is 3. The van der Waals surface area contributed by atoms with Gasteiger partial charge >= 0.3 is 0 Å². The fraction of sp³-hybridized carbons (Fsp3) is 0.412. The molecule has 6 heteroatoms. The highest BCUT2D eigenvalue weighted by atomic mass is 19.1. The van der Waals surface area contributed by atoms with Gasteiger partial charge in [0.15, 0.2) is 5.82 Å². The first-order chi connectivity index (χ1) is 11.0. The van der Waals surface area contributed by atoms with Crippen molar-refractivity contribution in [3.05, 3.63) is 57.1 Å². The molecule has 1 aliphatic heterocycles. The molecule has 1 aromatic carbocycles. The minimum Gasteiger partial charge on any atom is -0.352 e. The van der Waals surface area contributed by atoms with E-state index in [9.17, 15) is 9.18 Å². The van der Waals surface area contributed by atoms with Gasteiger partial charge in [-0.1, -0.05) is 6.07 Å². The molecule has 23 heavy (non-hydrogen) atoms. The number of hydrogen-bond donors (Lipinski definition) is 1. The molecule has 2 heterocycles. The molecule has 1 aromatic heterocycles. The molecule has 0 bridgehead atoms. The summed E-state index contributed by atoms with van der Waals surface area (Å²) in [6.07, 6.45) is 0. The third-order valence-electron chi connectivity index (χ3n) is 4.34. The van der Waals surface area contributed by atoms with Crippen molar-refractivity contribution in [2.45, 2.75) is 20.4 Å². The predicted octanol–water partition coefficient (Wildman–Crippen LogP) is 1.85. The lowest BCUT2D eigenvalue weighted by molar-refractivity contribution is 0.248. The summed E-state index contributed by atoms with van der Waals surface area (Å²) in [6, 6.07) is 6.55. The summed E-state index contributed by atoms with van der Waals surface area (Å²) >= 11 is 0. The van der Waals surface area contributed by atoms with Crippen LogP contribution in [-0.4, -0.2) is 41.3 Å². The molecule has 1 saturated heterocycles. The van der Waals surface area contributed by atoms with Gasteiger partial charge in [0.2, 0.25) is 0 Å². The molecule has 1 aliphatic rings. The summed E-state index contributed by atoms with van der Waals surface area (Å²) in [5.74, 6) is 0.665. The van der Waals surface area contributed by atoms with Crippen LogP contribution < -0.4 is 10.5 Å². The van der Waals surface area contributed by atoms with Gasteiger partial charge in [-0.05, 0) is 42.7 Å². The van der Waals surface area contributed by atoms with Crippen LogP contribution in [0, 0.1) is 19.7 Å². The SMILES string of the molecule is Cc1cc(F)ccc1CN1CCN(c2n[nH]c(=O)cc2C)CC1. The Morgan fingerprint density at radius 2 is 1.87 bits per heavy atom. The number of hydrogen-bond acceptors (Lipinski definition) is 4. The Hall–Kier alpha value is -2.21. The van der Waals surface area contributed by atoms with Crippen molar-refractivity contribution >= 4 is 5.82 Å².